The van der Waals surface area contributed by atoms with Crippen molar-refractivity contribution in [2.75, 3.05) is 19.7 Å². The lowest BCUT2D eigenvalue weighted by Gasteiger charge is -2.13. The number of halogens is 4. The molecule has 0 spiro atoms. The molecule has 2 aromatic rings. The van der Waals surface area contributed by atoms with Gasteiger partial charge in [-0.05, 0) is 25.1 Å². The highest BCUT2D eigenvalue weighted by molar-refractivity contribution is 14.0. The lowest BCUT2D eigenvalue weighted by molar-refractivity contribution is 0.322. The van der Waals surface area contributed by atoms with Gasteiger partial charge in [-0.15, -0.1) is 24.0 Å². The Hall–Kier alpha value is -0.900. The number of aryl methyl sites for hydroxylation is 1. The first-order valence-corrected chi connectivity index (χ1v) is 8.91. The van der Waals surface area contributed by atoms with E-state index in [4.69, 9.17) is 39.5 Å². The molecule has 0 radical (unpaired) electrons. The highest BCUT2D eigenvalue weighted by Gasteiger charge is 2.09. The molecule has 1 aromatic carbocycles. The van der Waals surface area contributed by atoms with Gasteiger partial charge in [0, 0.05) is 24.8 Å². The molecule has 26 heavy (non-hydrogen) atoms. The van der Waals surface area contributed by atoms with E-state index in [9.17, 15) is 0 Å². The predicted octanol–water partition coefficient (Wildman–Crippen LogP) is 4.13. The zero-order chi connectivity index (χ0) is 18.2. The molecule has 2 rings (SSSR count). The van der Waals surface area contributed by atoms with E-state index in [1.807, 2.05) is 20.0 Å². The number of nitrogens with one attached hydrogen (secondary N) is 2. The maximum absolute atomic E-state index is 6.09. The maximum atomic E-state index is 6.09. The van der Waals surface area contributed by atoms with Gasteiger partial charge in [0.2, 0.25) is 0 Å². The smallest absolute Gasteiger partial charge is 0.191 e. The van der Waals surface area contributed by atoms with E-state index in [0.717, 1.165) is 12.2 Å². The van der Waals surface area contributed by atoms with Crippen molar-refractivity contribution in [3.8, 4) is 5.75 Å². The van der Waals surface area contributed by atoms with Crippen molar-refractivity contribution in [2.24, 2.45) is 12.0 Å². The second-order valence-electron chi connectivity index (χ2n) is 5.12. The summed E-state index contributed by atoms with van der Waals surface area (Å²) in [6, 6.07) is 5.12. The van der Waals surface area contributed by atoms with E-state index in [1.165, 1.54) is 0 Å². The summed E-state index contributed by atoms with van der Waals surface area (Å²) in [5.74, 6) is 1.12. The first kappa shape index (κ1) is 23.1. The van der Waals surface area contributed by atoms with Gasteiger partial charge in [-0.3, -0.25) is 4.68 Å². The largest absolute Gasteiger partial charge is 0.489 e. The van der Waals surface area contributed by atoms with Crippen LogP contribution in [0, 0.1) is 0 Å². The number of hydrogen-bond acceptors (Lipinski definition) is 3. The first-order valence-electron chi connectivity index (χ1n) is 7.77. The Bertz CT molecular complexity index is 715. The van der Waals surface area contributed by atoms with Gasteiger partial charge >= 0.3 is 0 Å². The topological polar surface area (TPSA) is 63.5 Å². The van der Waals surface area contributed by atoms with Crippen LogP contribution in [-0.4, -0.2) is 35.4 Å². The summed E-state index contributed by atoms with van der Waals surface area (Å²) >= 11 is 18.1. The van der Waals surface area contributed by atoms with Gasteiger partial charge in [0.25, 0.3) is 0 Å². The van der Waals surface area contributed by atoms with E-state index in [0.29, 0.717) is 46.5 Å². The Morgan fingerprint density at radius 1 is 1.23 bits per heavy atom. The van der Waals surface area contributed by atoms with Crippen LogP contribution in [0.3, 0.4) is 0 Å². The van der Waals surface area contributed by atoms with Gasteiger partial charge in [0.1, 0.15) is 6.61 Å². The van der Waals surface area contributed by atoms with Crippen LogP contribution in [0.4, 0.5) is 0 Å². The highest BCUT2D eigenvalue weighted by Crippen LogP contribution is 2.35. The van der Waals surface area contributed by atoms with E-state index >= 15 is 0 Å². The lowest BCUT2D eigenvalue weighted by atomic mass is 10.3. The molecule has 2 N–H and O–H groups in total. The van der Waals surface area contributed by atoms with Gasteiger partial charge < -0.3 is 15.4 Å². The SMILES string of the molecule is CCNC(=NCc1ccnn1C)NCCOc1c(Cl)cc(Cl)cc1Cl.I. The fraction of sp³-hybridized carbons (Fsp3) is 0.375. The number of benzene rings is 1. The average molecular weight is 533 g/mol. The summed E-state index contributed by atoms with van der Waals surface area (Å²) in [7, 11) is 1.89. The van der Waals surface area contributed by atoms with Gasteiger partial charge in [-0.1, -0.05) is 34.8 Å². The molecule has 0 atom stereocenters. The van der Waals surface area contributed by atoms with Crippen LogP contribution in [0.15, 0.2) is 29.4 Å². The molecule has 0 amide bonds. The monoisotopic (exact) mass is 531 g/mol. The quantitative estimate of drug-likeness (QED) is 0.244. The molecular formula is C16H21Cl3IN5O. The molecule has 10 heteroatoms. The fourth-order valence-corrected chi connectivity index (χ4v) is 2.97. The number of aliphatic imine (C=N–C) groups is 1. The average Bonchev–Trinajstić information content (AvgIpc) is 2.96. The van der Waals surface area contributed by atoms with Crippen LogP contribution in [0.2, 0.25) is 15.1 Å². The molecule has 0 unspecified atom stereocenters. The molecule has 144 valence electrons. The third-order valence-corrected chi connectivity index (χ3v) is 4.05. The van der Waals surface area contributed by atoms with Crippen LogP contribution in [0.1, 0.15) is 12.6 Å². The molecular weight excluding hydrogens is 511 g/mol. The van der Waals surface area contributed by atoms with Crippen LogP contribution in [0.25, 0.3) is 0 Å². The van der Waals surface area contributed by atoms with Crippen LogP contribution in [0.5, 0.6) is 5.75 Å². The summed E-state index contributed by atoms with van der Waals surface area (Å²) in [5.41, 5.74) is 1.02. The Kier molecular flexibility index (Phi) is 10.4. The number of ether oxygens (including phenoxy) is 1. The van der Waals surface area contributed by atoms with Gasteiger partial charge in [0.05, 0.1) is 28.8 Å². The number of rotatable bonds is 7. The molecule has 0 aliphatic heterocycles. The highest BCUT2D eigenvalue weighted by atomic mass is 127. The Morgan fingerprint density at radius 3 is 2.50 bits per heavy atom. The molecule has 6 nitrogen and oxygen atoms in total. The van der Waals surface area contributed by atoms with Crippen molar-refractivity contribution >= 4 is 64.7 Å². The normalized spacial score (nSPS) is 11.0. The zero-order valence-electron chi connectivity index (χ0n) is 14.4. The second kappa shape index (κ2) is 11.7. The first-order chi connectivity index (χ1) is 12.0. The molecule has 0 saturated heterocycles. The summed E-state index contributed by atoms with van der Waals surface area (Å²) in [5, 5.41) is 11.7. The summed E-state index contributed by atoms with van der Waals surface area (Å²) in [6.45, 7) is 4.20. The number of hydrogen-bond donors (Lipinski definition) is 2. The molecule has 1 heterocycles. The molecule has 0 saturated carbocycles. The van der Waals surface area contributed by atoms with Crippen LogP contribution >= 0.6 is 58.8 Å². The standard InChI is InChI=1S/C16H20Cl3N5O.HI/c1-3-20-16(22-10-12-4-5-23-24(12)2)21-6-7-25-15-13(18)8-11(17)9-14(15)19;/h4-5,8-9H,3,6-7,10H2,1-2H3,(H2,20,21,22);1H. The summed E-state index contributed by atoms with van der Waals surface area (Å²) < 4.78 is 7.43. The van der Waals surface area contributed by atoms with Gasteiger partial charge in [-0.2, -0.15) is 5.10 Å². The molecule has 0 aliphatic rings. The minimum Gasteiger partial charge on any atom is -0.489 e. The Balaban J connectivity index is 0.00000338. The predicted molar refractivity (Wildman–Crippen MR) is 118 cm³/mol. The van der Waals surface area contributed by atoms with Crippen molar-refractivity contribution < 1.29 is 4.74 Å². The molecule has 0 bridgehead atoms. The minimum atomic E-state index is 0. The zero-order valence-corrected chi connectivity index (χ0v) is 19.0. The molecule has 0 aliphatic carbocycles. The lowest BCUT2D eigenvalue weighted by Crippen LogP contribution is -2.39. The van der Waals surface area contributed by atoms with Crippen molar-refractivity contribution in [1.82, 2.24) is 20.4 Å². The van der Waals surface area contributed by atoms with Crippen LogP contribution in [-0.2, 0) is 13.6 Å². The Labute approximate surface area is 185 Å². The fourth-order valence-electron chi connectivity index (χ4n) is 2.05. The van der Waals surface area contributed by atoms with E-state index in [-0.39, 0.29) is 24.0 Å². The third kappa shape index (κ3) is 7.02. The van der Waals surface area contributed by atoms with Crippen LogP contribution < -0.4 is 15.4 Å². The number of nitrogens with zero attached hydrogens (tertiary/aromatic N) is 3. The summed E-state index contributed by atoms with van der Waals surface area (Å²) in [4.78, 5) is 4.52. The molecule has 1 aromatic heterocycles. The van der Waals surface area contributed by atoms with E-state index in [1.54, 1.807) is 23.0 Å². The number of aromatic nitrogens is 2. The van der Waals surface area contributed by atoms with Crippen molar-refractivity contribution in [3.05, 3.63) is 45.2 Å². The number of guanidine groups is 1. The second-order valence-corrected chi connectivity index (χ2v) is 6.37. The van der Waals surface area contributed by atoms with Crippen molar-refractivity contribution in [1.29, 1.82) is 0 Å². The van der Waals surface area contributed by atoms with Gasteiger partial charge in [0.15, 0.2) is 11.7 Å². The summed E-state index contributed by atoms with van der Waals surface area (Å²) in [6.07, 6.45) is 1.75. The Morgan fingerprint density at radius 2 is 1.92 bits per heavy atom. The van der Waals surface area contributed by atoms with E-state index < -0.39 is 0 Å². The van der Waals surface area contributed by atoms with Gasteiger partial charge in [-0.25, -0.2) is 4.99 Å². The van der Waals surface area contributed by atoms with Crippen molar-refractivity contribution in [3.63, 3.8) is 0 Å². The van der Waals surface area contributed by atoms with E-state index in [2.05, 4.69) is 20.7 Å². The minimum absolute atomic E-state index is 0. The maximum Gasteiger partial charge on any atom is 0.191 e. The molecule has 0 fully saturated rings. The van der Waals surface area contributed by atoms with Crippen molar-refractivity contribution in [2.45, 2.75) is 13.5 Å². The third-order valence-electron chi connectivity index (χ3n) is 3.27.